The molecular weight excluding hydrogens is 521 g/mol. The van der Waals surface area contributed by atoms with Gasteiger partial charge in [0, 0.05) is 9.13 Å². The molecule has 3 aromatic rings. The molecule has 11 heteroatoms. The van der Waals surface area contributed by atoms with Crippen LogP contribution in [0.1, 0.15) is 20.9 Å². The number of hydrogen-bond acceptors (Lipinski definition) is 8. The number of phenols is 1. The molecule has 1 aromatic heterocycles. The van der Waals surface area contributed by atoms with Crippen molar-refractivity contribution in [2.45, 2.75) is 6.42 Å². The molecule has 2 amide bonds. The van der Waals surface area contributed by atoms with Gasteiger partial charge in [0.1, 0.15) is 5.01 Å². The number of ether oxygens (including phenoxy) is 1. The van der Waals surface area contributed by atoms with E-state index in [-0.39, 0.29) is 18.1 Å². The highest BCUT2D eigenvalue weighted by Crippen LogP contribution is 2.27. The summed E-state index contributed by atoms with van der Waals surface area (Å²) in [6, 6.07) is 12.1. The van der Waals surface area contributed by atoms with Gasteiger partial charge in [-0.1, -0.05) is 29.5 Å². The first kappa shape index (κ1) is 21.6. The number of hydrogen-bond donors (Lipinski definition) is 3. The lowest BCUT2D eigenvalue weighted by Crippen LogP contribution is -2.19. The Morgan fingerprint density at radius 3 is 2.80 bits per heavy atom. The Hall–Kier alpha value is -3.06. The number of aromatic hydroxyl groups is 1. The molecule has 2 aromatic carbocycles. The van der Waals surface area contributed by atoms with E-state index in [1.54, 1.807) is 30.3 Å². The molecule has 0 atom stereocenters. The first-order chi connectivity index (χ1) is 14.5. The van der Waals surface area contributed by atoms with E-state index < -0.39 is 5.91 Å². The number of carbonyl (C=O) groups excluding carboxylic acids is 2. The van der Waals surface area contributed by atoms with Crippen molar-refractivity contribution in [2.24, 2.45) is 5.10 Å². The van der Waals surface area contributed by atoms with Gasteiger partial charge in [0.05, 0.1) is 25.3 Å². The number of hydrazone groups is 1. The zero-order chi connectivity index (χ0) is 21.5. The Kier molecular flexibility index (Phi) is 7.30. The van der Waals surface area contributed by atoms with Crippen LogP contribution in [0.15, 0.2) is 47.6 Å². The fraction of sp³-hybridized carbons (Fsp3) is 0.105. The van der Waals surface area contributed by atoms with Crippen LogP contribution in [0.5, 0.6) is 11.5 Å². The van der Waals surface area contributed by atoms with Crippen LogP contribution in [-0.2, 0) is 11.2 Å². The van der Waals surface area contributed by atoms with Crippen LogP contribution in [0.25, 0.3) is 0 Å². The van der Waals surface area contributed by atoms with Crippen molar-refractivity contribution in [1.29, 1.82) is 0 Å². The van der Waals surface area contributed by atoms with Crippen molar-refractivity contribution >= 4 is 57.1 Å². The van der Waals surface area contributed by atoms with Gasteiger partial charge >= 0.3 is 0 Å². The molecular formula is C19H16IN5O4S. The summed E-state index contributed by atoms with van der Waals surface area (Å²) in [4.78, 5) is 24.4. The SMILES string of the molecule is COc1cccc(/C=N\NC(=O)Cc2nnc(NC(=O)c3ccccc3I)s2)c1O. The van der Waals surface area contributed by atoms with Crippen molar-refractivity contribution in [3.8, 4) is 11.5 Å². The molecule has 30 heavy (non-hydrogen) atoms. The number of rotatable bonds is 7. The van der Waals surface area contributed by atoms with Crippen molar-refractivity contribution < 1.29 is 19.4 Å². The van der Waals surface area contributed by atoms with E-state index in [1.807, 2.05) is 12.1 Å². The fourth-order valence-electron chi connectivity index (χ4n) is 2.34. The summed E-state index contributed by atoms with van der Waals surface area (Å²) < 4.78 is 5.83. The average Bonchev–Trinajstić information content (AvgIpc) is 3.16. The summed E-state index contributed by atoms with van der Waals surface area (Å²) in [6.45, 7) is 0. The average molecular weight is 537 g/mol. The Balaban J connectivity index is 1.55. The van der Waals surface area contributed by atoms with Crippen LogP contribution >= 0.6 is 33.9 Å². The highest BCUT2D eigenvalue weighted by molar-refractivity contribution is 14.1. The van der Waals surface area contributed by atoms with Gasteiger partial charge in [-0.15, -0.1) is 10.2 Å². The monoisotopic (exact) mass is 537 g/mol. The van der Waals surface area contributed by atoms with Crippen molar-refractivity contribution in [2.75, 3.05) is 12.4 Å². The second-order valence-electron chi connectivity index (χ2n) is 5.80. The van der Waals surface area contributed by atoms with Crippen LogP contribution in [0.4, 0.5) is 5.13 Å². The highest BCUT2D eigenvalue weighted by atomic mass is 127. The predicted molar refractivity (Wildman–Crippen MR) is 121 cm³/mol. The van der Waals surface area contributed by atoms with Gasteiger partial charge in [0.25, 0.3) is 5.91 Å². The molecule has 154 valence electrons. The van der Waals surface area contributed by atoms with Crippen LogP contribution in [0, 0.1) is 3.57 Å². The maximum atomic E-state index is 12.3. The zero-order valence-corrected chi connectivity index (χ0v) is 18.6. The maximum Gasteiger partial charge on any atom is 0.258 e. The van der Waals surface area contributed by atoms with E-state index in [0.717, 1.165) is 14.9 Å². The van der Waals surface area contributed by atoms with Crippen molar-refractivity contribution in [1.82, 2.24) is 15.6 Å². The lowest BCUT2D eigenvalue weighted by atomic mass is 10.2. The van der Waals surface area contributed by atoms with Gasteiger partial charge in [-0.05, 0) is 46.9 Å². The minimum absolute atomic E-state index is 0.0577. The Morgan fingerprint density at radius 2 is 2.03 bits per heavy atom. The van der Waals surface area contributed by atoms with Crippen LogP contribution < -0.4 is 15.5 Å². The van der Waals surface area contributed by atoms with Crippen LogP contribution in [-0.4, -0.2) is 40.4 Å². The molecule has 3 N–H and O–H groups in total. The number of nitrogens with zero attached hydrogens (tertiary/aromatic N) is 3. The molecule has 1 heterocycles. The summed E-state index contributed by atoms with van der Waals surface area (Å²) in [6.07, 6.45) is 1.25. The Labute approximate surface area is 189 Å². The zero-order valence-electron chi connectivity index (χ0n) is 15.6. The van der Waals surface area contributed by atoms with Gasteiger partial charge in [-0.25, -0.2) is 5.43 Å². The largest absolute Gasteiger partial charge is 0.504 e. The van der Waals surface area contributed by atoms with Gasteiger partial charge in [0.2, 0.25) is 11.0 Å². The van der Waals surface area contributed by atoms with Crippen LogP contribution in [0.2, 0.25) is 0 Å². The first-order valence-corrected chi connectivity index (χ1v) is 10.4. The smallest absolute Gasteiger partial charge is 0.258 e. The third kappa shape index (κ3) is 5.51. The fourth-order valence-corrected chi connectivity index (χ4v) is 3.71. The van der Waals surface area contributed by atoms with E-state index in [0.29, 0.717) is 27.0 Å². The van der Waals surface area contributed by atoms with Gasteiger partial charge in [0.15, 0.2) is 11.5 Å². The molecule has 3 rings (SSSR count). The predicted octanol–water partition coefficient (Wildman–Crippen LogP) is 2.80. The normalized spacial score (nSPS) is 10.7. The summed E-state index contributed by atoms with van der Waals surface area (Å²) in [5, 5.41) is 25.0. The van der Waals surface area contributed by atoms with E-state index in [9.17, 15) is 14.7 Å². The Morgan fingerprint density at radius 1 is 1.23 bits per heavy atom. The number of anilines is 1. The number of aromatic nitrogens is 2. The molecule has 0 saturated heterocycles. The second-order valence-corrected chi connectivity index (χ2v) is 8.03. The number of phenolic OH excluding ortho intramolecular Hbond substituents is 1. The molecule has 0 aliphatic carbocycles. The third-order valence-corrected chi connectivity index (χ3v) is 5.54. The van der Waals surface area contributed by atoms with Crippen molar-refractivity contribution in [3.63, 3.8) is 0 Å². The number of halogens is 1. The lowest BCUT2D eigenvalue weighted by Gasteiger charge is -2.04. The molecule has 9 nitrogen and oxygen atoms in total. The van der Waals surface area contributed by atoms with Crippen LogP contribution in [0.3, 0.4) is 0 Å². The van der Waals surface area contributed by atoms with E-state index in [2.05, 4.69) is 48.6 Å². The molecule has 0 radical (unpaired) electrons. The summed E-state index contributed by atoms with van der Waals surface area (Å²) >= 11 is 3.18. The van der Waals surface area contributed by atoms with E-state index in [4.69, 9.17) is 4.74 Å². The van der Waals surface area contributed by atoms with Crippen molar-refractivity contribution in [3.05, 3.63) is 62.2 Å². The number of nitrogens with one attached hydrogen (secondary N) is 2. The number of amides is 2. The second kappa shape index (κ2) is 10.1. The lowest BCUT2D eigenvalue weighted by molar-refractivity contribution is -0.120. The third-order valence-electron chi connectivity index (χ3n) is 3.76. The maximum absolute atomic E-state index is 12.3. The molecule has 0 bridgehead atoms. The van der Waals surface area contributed by atoms with Gasteiger partial charge in [-0.2, -0.15) is 5.10 Å². The number of methoxy groups -OCH3 is 1. The van der Waals surface area contributed by atoms with Gasteiger partial charge in [-0.3, -0.25) is 14.9 Å². The summed E-state index contributed by atoms with van der Waals surface area (Å²) in [7, 11) is 1.44. The molecule has 0 unspecified atom stereocenters. The molecule has 0 aliphatic rings. The first-order valence-electron chi connectivity index (χ1n) is 8.54. The van der Waals surface area contributed by atoms with E-state index >= 15 is 0 Å². The topological polar surface area (TPSA) is 126 Å². The molecule has 0 spiro atoms. The molecule has 0 fully saturated rings. The minimum atomic E-state index is -0.416. The number of carbonyl (C=O) groups is 2. The summed E-state index contributed by atoms with van der Waals surface area (Å²) in [5.41, 5.74) is 3.28. The number of benzene rings is 2. The van der Waals surface area contributed by atoms with E-state index in [1.165, 1.54) is 13.3 Å². The van der Waals surface area contributed by atoms with Gasteiger partial charge < -0.3 is 9.84 Å². The molecule has 0 saturated carbocycles. The quantitative estimate of drug-likeness (QED) is 0.242. The number of para-hydroxylation sites is 1. The highest BCUT2D eigenvalue weighted by Gasteiger charge is 2.14. The summed E-state index contributed by atoms with van der Waals surface area (Å²) in [5.74, 6) is -0.482. The molecule has 0 aliphatic heterocycles. The standard InChI is InChI=1S/C19H16IN5O4S/c1-29-14-8-4-5-11(17(14)27)10-21-23-15(26)9-16-24-25-19(30-16)22-18(28)12-6-2-3-7-13(12)20/h2-8,10,27H,9H2,1H3,(H,23,26)(H,22,25,28)/b21-10-. The minimum Gasteiger partial charge on any atom is -0.504 e. The Bertz CT molecular complexity index is 1100.